The van der Waals surface area contributed by atoms with Gasteiger partial charge in [0.15, 0.2) is 0 Å². The molecule has 0 bridgehead atoms. The first-order valence-electron chi connectivity index (χ1n) is 4.84. The largest absolute Gasteiger partial charge is 0.416 e. The molecule has 1 aromatic rings. The Kier molecular flexibility index (Phi) is 4.61. The van der Waals surface area contributed by atoms with Crippen molar-refractivity contribution in [3.63, 3.8) is 0 Å². The van der Waals surface area contributed by atoms with Crippen LogP contribution in [0.5, 0.6) is 0 Å². The van der Waals surface area contributed by atoms with Crippen LogP contribution in [0.2, 0.25) is 0 Å². The van der Waals surface area contributed by atoms with Gasteiger partial charge in [-0.2, -0.15) is 13.2 Å². The third-order valence-electron chi connectivity index (χ3n) is 1.89. The Hall–Kier alpha value is -1.69. The van der Waals surface area contributed by atoms with Crippen LogP contribution < -0.4 is 10.6 Å². The summed E-state index contributed by atoms with van der Waals surface area (Å²) in [5.74, 6) is 0. The molecule has 0 spiro atoms. The predicted octanol–water partition coefficient (Wildman–Crippen LogP) is 3.58. The van der Waals surface area contributed by atoms with Crippen molar-refractivity contribution in [1.29, 1.82) is 0 Å². The summed E-state index contributed by atoms with van der Waals surface area (Å²) in [5, 5.41) is 4.80. The molecule has 0 aromatic heterocycles. The normalized spacial score (nSPS) is 10.9. The van der Waals surface area contributed by atoms with E-state index in [0.29, 0.717) is 0 Å². The summed E-state index contributed by atoms with van der Waals surface area (Å²) in [7, 11) is 0. The van der Waals surface area contributed by atoms with Gasteiger partial charge >= 0.3 is 12.2 Å². The minimum Gasteiger partial charge on any atom is -0.333 e. The molecule has 3 nitrogen and oxygen atoms in total. The number of carbonyl (C=O) groups is 1. The average Bonchev–Trinajstić information content (AvgIpc) is 2.25. The summed E-state index contributed by atoms with van der Waals surface area (Å²) < 4.78 is 37.2. The van der Waals surface area contributed by atoms with Crippen molar-refractivity contribution in [2.45, 2.75) is 6.18 Å². The van der Waals surface area contributed by atoms with Crippen molar-refractivity contribution in [1.82, 2.24) is 5.32 Å². The maximum Gasteiger partial charge on any atom is 0.416 e. The van der Waals surface area contributed by atoms with E-state index < -0.39 is 17.8 Å². The molecule has 0 heterocycles. The number of urea groups is 1. The van der Waals surface area contributed by atoms with Gasteiger partial charge in [0.2, 0.25) is 0 Å². The van der Waals surface area contributed by atoms with Crippen LogP contribution in [0.4, 0.5) is 23.7 Å². The van der Waals surface area contributed by atoms with Crippen LogP contribution in [0.15, 0.2) is 35.9 Å². The Morgan fingerprint density at radius 2 is 2.06 bits per heavy atom. The SMILES string of the molecule is C=C(Cl)CNC(=O)Nc1cccc(C(F)(F)F)c1. The van der Waals surface area contributed by atoms with Gasteiger partial charge in [-0.1, -0.05) is 24.2 Å². The summed E-state index contributed by atoms with van der Waals surface area (Å²) in [5.41, 5.74) is -0.787. The number of hydrogen-bond acceptors (Lipinski definition) is 1. The molecule has 18 heavy (non-hydrogen) atoms. The van der Waals surface area contributed by atoms with Gasteiger partial charge in [-0.15, -0.1) is 0 Å². The molecule has 0 saturated carbocycles. The second-order valence-corrected chi connectivity index (χ2v) is 3.94. The van der Waals surface area contributed by atoms with Crippen LogP contribution in [-0.2, 0) is 6.18 Å². The first-order chi connectivity index (χ1) is 8.29. The van der Waals surface area contributed by atoms with Crippen LogP contribution in [0.3, 0.4) is 0 Å². The van der Waals surface area contributed by atoms with Gasteiger partial charge in [-0.25, -0.2) is 4.79 Å². The van der Waals surface area contributed by atoms with Gasteiger partial charge in [0.25, 0.3) is 0 Å². The second kappa shape index (κ2) is 5.77. The Labute approximate surface area is 107 Å². The molecule has 1 rings (SSSR count). The molecule has 0 saturated heterocycles. The van der Waals surface area contributed by atoms with Crippen LogP contribution in [-0.4, -0.2) is 12.6 Å². The van der Waals surface area contributed by atoms with E-state index in [1.807, 2.05) is 0 Å². The van der Waals surface area contributed by atoms with Gasteiger partial charge in [0.1, 0.15) is 0 Å². The quantitative estimate of drug-likeness (QED) is 0.872. The van der Waals surface area contributed by atoms with Crippen molar-refractivity contribution in [3.8, 4) is 0 Å². The van der Waals surface area contributed by atoms with Crippen molar-refractivity contribution >= 4 is 23.3 Å². The van der Waals surface area contributed by atoms with E-state index in [-0.39, 0.29) is 17.3 Å². The minimum atomic E-state index is -4.45. The zero-order chi connectivity index (χ0) is 13.8. The summed E-state index contributed by atoms with van der Waals surface area (Å²) in [6.45, 7) is 3.39. The molecule has 0 aliphatic rings. The summed E-state index contributed by atoms with van der Waals surface area (Å²) >= 11 is 5.42. The van der Waals surface area contributed by atoms with E-state index in [4.69, 9.17) is 11.6 Å². The third kappa shape index (κ3) is 4.67. The Bertz CT molecular complexity index is 460. The highest BCUT2D eigenvalue weighted by atomic mass is 35.5. The molecule has 1 aromatic carbocycles. The Morgan fingerprint density at radius 1 is 1.39 bits per heavy atom. The smallest absolute Gasteiger partial charge is 0.333 e. The maximum absolute atomic E-state index is 12.4. The van der Waals surface area contributed by atoms with E-state index in [0.717, 1.165) is 12.1 Å². The molecule has 0 fully saturated rings. The van der Waals surface area contributed by atoms with Gasteiger partial charge in [0, 0.05) is 10.7 Å². The summed E-state index contributed by atoms with van der Waals surface area (Å²) in [4.78, 5) is 11.3. The predicted molar refractivity (Wildman–Crippen MR) is 63.5 cm³/mol. The van der Waals surface area contributed by atoms with E-state index in [2.05, 4.69) is 17.2 Å². The van der Waals surface area contributed by atoms with E-state index in [9.17, 15) is 18.0 Å². The number of halogens is 4. The van der Waals surface area contributed by atoms with Gasteiger partial charge in [0.05, 0.1) is 12.1 Å². The molecular weight excluding hydrogens is 269 g/mol. The van der Waals surface area contributed by atoms with E-state index >= 15 is 0 Å². The minimum absolute atomic E-state index is 0.0341. The fourth-order valence-electron chi connectivity index (χ4n) is 1.12. The standard InChI is InChI=1S/C11H10ClF3N2O/c1-7(12)6-16-10(18)17-9-4-2-3-8(5-9)11(13,14)15/h2-5H,1,6H2,(H2,16,17,18). The first kappa shape index (κ1) is 14.4. The fraction of sp³-hybridized carbons (Fsp3) is 0.182. The number of benzene rings is 1. The fourth-order valence-corrected chi connectivity index (χ4v) is 1.19. The molecule has 7 heteroatoms. The van der Waals surface area contributed by atoms with Gasteiger partial charge in [-0.3, -0.25) is 0 Å². The van der Waals surface area contributed by atoms with Crippen LogP contribution in [0, 0.1) is 0 Å². The Morgan fingerprint density at radius 3 is 2.61 bits per heavy atom. The number of nitrogens with one attached hydrogen (secondary N) is 2. The highest BCUT2D eigenvalue weighted by molar-refractivity contribution is 6.29. The van der Waals surface area contributed by atoms with Gasteiger partial charge in [-0.05, 0) is 18.2 Å². The highest BCUT2D eigenvalue weighted by Gasteiger charge is 2.30. The lowest BCUT2D eigenvalue weighted by Crippen LogP contribution is -2.29. The number of amides is 2. The zero-order valence-electron chi connectivity index (χ0n) is 9.14. The number of alkyl halides is 3. The second-order valence-electron chi connectivity index (χ2n) is 3.40. The van der Waals surface area contributed by atoms with Crippen LogP contribution in [0.1, 0.15) is 5.56 Å². The number of rotatable bonds is 3. The van der Waals surface area contributed by atoms with Crippen molar-refractivity contribution in [2.24, 2.45) is 0 Å². The van der Waals surface area contributed by atoms with E-state index in [1.54, 1.807) is 0 Å². The third-order valence-corrected chi connectivity index (χ3v) is 2.02. The van der Waals surface area contributed by atoms with Crippen LogP contribution >= 0.6 is 11.6 Å². The number of hydrogen-bond donors (Lipinski definition) is 2. The zero-order valence-corrected chi connectivity index (χ0v) is 9.90. The molecule has 2 N–H and O–H groups in total. The lowest BCUT2D eigenvalue weighted by molar-refractivity contribution is -0.137. The molecule has 0 aliphatic heterocycles. The van der Waals surface area contributed by atoms with Gasteiger partial charge < -0.3 is 10.6 Å². The van der Waals surface area contributed by atoms with Crippen LogP contribution in [0.25, 0.3) is 0 Å². The molecular formula is C11H10ClF3N2O. The monoisotopic (exact) mass is 278 g/mol. The van der Waals surface area contributed by atoms with Crippen molar-refractivity contribution in [2.75, 3.05) is 11.9 Å². The Balaban J connectivity index is 2.68. The summed E-state index contributed by atoms with van der Waals surface area (Å²) in [6, 6.07) is 3.67. The molecule has 98 valence electrons. The topological polar surface area (TPSA) is 41.1 Å². The number of anilines is 1. The molecule has 0 unspecified atom stereocenters. The lowest BCUT2D eigenvalue weighted by atomic mass is 10.2. The molecule has 0 radical (unpaired) electrons. The van der Waals surface area contributed by atoms with Crippen molar-refractivity contribution in [3.05, 3.63) is 41.4 Å². The lowest BCUT2D eigenvalue weighted by Gasteiger charge is -2.10. The molecule has 0 aliphatic carbocycles. The van der Waals surface area contributed by atoms with E-state index in [1.165, 1.54) is 12.1 Å². The average molecular weight is 279 g/mol. The summed E-state index contributed by atoms with van der Waals surface area (Å²) in [6.07, 6.45) is -4.45. The van der Waals surface area contributed by atoms with Crippen molar-refractivity contribution < 1.29 is 18.0 Å². The maximum atomic E-state index is 12.4. The highest BCUT2D eigenvalue weighted by Crippen LogP contribution is 2.30. The number of carbonyl (C=O) groups excluding carboxylic acids is 1. The molecule has 2 amide bonds. The first-order valence-corrected chi connectivity index (χ1v) is 5.22. The molecule has 0 atom stereocenters.